The number of ether oxygens (including phenoxy) is 1. The van der Waals surface area contributed by atoms with Gasteiger partial charge in [0.1, 0.15) is 11.8 Å². The molecule has 0 saturated carbocycles. The first kappa shape index (κ1) is 12.5. The first-order valence-corrected chi connectivity index (χ1v) is 6.21. The summed E-state index contributed by atoms with van der Waals surface area (Å²) < 4.78 is 5.82. The highest BCUT2D eigenvalue weighted by atomic mass is 127. The van der Waals surface area contributed by atoms with E-state index >= 15 is 0 Å². The SMILES string of the molecule is COc1ccc(I)c(C#N)c1C(=O)CBr. The first-order valence-electron chi connectivity index (χ1n) is 4.01. The Kier molecular flexibility index (Phi) is 4.54. The molecule has 0 aliphatic carbocycles. The topological polar surface area (TPSA) is 50.1 Å². The van der Waals surface area contributed by atoms with Gasteiger partial charge < -0.3 is 4.74 Å². The van der Waals surface area contributed by atoms with E-state index in [1.165, 1.54) is 7.11 Å². The third-order valence-corrected chi connectivity index (χ3v) is 3.26. The van der Waals surface area contributed by atoms with Crippen LogP contribution in [-0.4, -0.2) is 18.2 Å². The van der Waals surface area contributed by atoms with Crippen LogP contribution in [0.25, 0.3) is 0 Å². The lowest BCUT2D eigenvalue weighted by atomic mass is 10.0. The number of alkyl halides is 1. The van der Waals surface area contributed by atoms with E-state index in [1.807, 2.05) is 28.7 Å². The molecule has 0 aromatic heterocycles. The zero-order valence-electron chi connectivity index (χ0n) is 7.88. The van der Waals surface area contributed by atoms with Crippen molar-refractivity contribution in [1.29, 1.82) is 5.26 Å². The van der Waals surface area contributed by atoms with Crippen molar-refractivity contribution in [1.82, 2.24) is 0 Å². The molecule has 0 amide bonds. The maximum Gasteiger partial charge on any atom is 0.178 e. The second-order valence-electron chi connectivity index (χ2n) is 2.67. The predicted octanol–water partition coefficient (Wildman–Crippen LogP) is 2.75. The lowest BCUT2D eigenvalue weighted by molar-refractivity contribution is 0.102. The summed E-state index contributed by atoms with van der Waals surface area (Å²) in [5, 5.41) is 9.16. The minimum atomic E-state index is -0.151. The zero-order chi connectivity index (χ0) is 11.4. The standard InChI is InChI=1S/C10H7BrINO2/c1-15-9-3-2-7(12)6(5-13)10(9)8(14)4-11/h2-3H,4H2,1H3. The van der Waals surface area contributed by atoms with Gasteiger partial charge in [-0.05, 0) is 34.7 Å². The minimum absolute atomic E-state index is 0.151. The van der Waals surface area contributed by atoms with E-state index in [0.717, 1.165) is 3.57 Å². The molecule has 0 fully saturated rings. The van der Waals surface area contributed by atoms with E-state index < -0.39 is 0 Å². The molecule has 0 atom stereocenters. The van der Waals surface area contributed by atoms with E-state index in [4.69, 9.17) is 10.00 Å². The number of methoxy groups -OCH3 is 1. The molecule has 5 heteroatoms. The van der Waals surface area contributed by atoms with E-state index in [1.54, 1.807) is 12.1 Å². The molecular formula is C10H7BrINO2. The van der Waals surface area contributed by atoms with Crippen LogP contribution >= 0.6 is 38.5 Å². The summed E-state index contributed by atoms with van der Waals surface area (Å²) in [6.45, 7) is 0. The van der Waals surface area contributed by atoms with E-state index in [9.17, 15) is 4.79 Å². The second-order valence-corrected chi connectivity index (χ2v) is 4.39. The summed E-state index contributed by atoms with van der Waals surface area (Å²) in [5.74, 6) is 0.290. The van der Waals surface area contributed by atoms with Crippen molar-refractivity contribution in [2.75, 3.05) is 12.4 Å². The van der Waals surface area contributed by atoms with Gasteiger partial charge >= 0.3 is 0 Å². The molecule has 3 nitrogen and oxygen atoms in total. The summed E-state index contributed by atoms with van der Waals surface area (Å²) in [4.78, 5) is 11.6. The average Bonchev–Trinajstić information content (AvgIpc) is 2.27. The Morgan fingerprint density at radius 2 is 2.33 bits per heavy atom. The molecule has 15 heavy (non-hydrogen) atoms. The molecule has 0 aliphatic heterocycles. The van der Waals surface area contributed by atoms with Crippen LogP contribution in [0.1, 0.15) is 15.9 Å². The maximum atomic E-state index is 11.6. The van der Waals surface area contributed by atoms with Crippen molar-refractivity contribution >= 4 is 44.3 Å². The number of carbonyl (C=O) groups excluding carboxylic acids is 1. The van der Waals surface area contributed by atoms with Gasteiger partial charge in [0, 0.05) is 3.57 Å². The molecule has 0 bridgehead atoms. The van der Waals surface area contributed by atoms with Gasteiger partial charge in [-0.2, -0.15) is 5.26 Å². The van der Waals surface area contributed by atoms with Crippen molar-refractivity contribution in [3.63, 3.8) is 0 Å². The van der Waals surface area contributed by atoms with E-state index in [-0.39, 0.29) is 11.1 Å². The molecule has 0 unspecified atom stereocenters. The molecule has 1 rings (SSSR count). The quantitative estimate of drug-likeness (QED) is 0.461. The smallest absolute Gasteiger partial charge is 0.178 e. The third kappa shape index (κ3) is 2.49. The molecule has 0 aliphatic rings. The third-order valence-electron chi connectivity index (χ3n) is 1.85. The van der Waals surface area contributed by atoms with Crippen molar-refractivity contribution in [3.05, 3.63) is 26.8 Å². The van der Waals surface area contributed by atoms with E-state index in [2.05, 4.69) is 15.9 Å². The number of rotatable bonds is 3. The van der Waals surface area contributed by atoms with Crippen LogP contribution in [0.4, 0.5) is 0 Å². The number of benzene rings is 1. The molecule has 0 radical (unpaired) electrons. The molecule has 0 saturated heterocycles. The number of halogens is 2. The number of Topliss-reactive ketones (excluding diaryl/α,β-unsaturated/α-hetero) is 1. The fourth-order valence-corrected chi connectivity index (χ4v) is 2.03. The lowest BCUT2D eigenvalue weighted by Gasteiger charge is -2.09. The maximum absolute atomic E-state index is 11.6. The van der Waals surface area contributed by atoms with Crippen molar-refractivity contribution < 1.29 is 9.53 Å². The minimum Gasteiger partial charge on any atom is -0.496 e. The highest BCUT2D eigenvalue weighted by molar-refractivity contribution is 14.1. The fraction of sp³-hybridized carbons (Fsp3) is 0.200. The van der Waals surface area contributed by atoms with Crippen LogP contribution in [0.3, 0.4) is 0 Å². The van der Waals surface area contributed by atoms with Crippen LogP contribution in [0.15, 0.2) is 12.1 Å². The zero-order valence-corrected chi connectivity index (χ0v) is 11.6. The molecule has 1 aromatic carbocycles. The Morgan fingerprint density at radius 1 is 1.67 bits per heavy atom. The Morgan fingerprint density at radius 3 is 2.80 bits per heavy atom. The van der Waals surface area contributed by atoms with Crippen LogP contribution in [-0.2, 0) is 0 Å². The Labute approximate surface area is 110 Å². The van der Waals surface area contributed by atoms with Crippen LogP contribution in [0, 0.1) is 14.9 Å². The Balaban J connectivity index is 3.49. The number of hydrogen-bond donors (Lipinski definition) is 0. The molecule has 0 spiro atoms. The van der Waals surface area contributed by atoms with Gasteiger partial charge in [-0.3, -0.25) is 4.79 Å². The first-order chi connectivity index (χ1) is 7.15. The normalized spacial score (nSPS) is 9.47. The molecule has 0 N–H and O–H groups in total. The fourth-order valence-electron chi connectivity index (χ4n) is 1.18. The van der Waals surface area contributed by atoms with E-state index in [0.29, 0.717) is 16.9 Å². The summed E-state index contributed by atoms with van der Waals surface area (Å²) in [5.41, 5.74) is 0.725. The van der Waals surface area contributed by atoms with Crippen molar-refractivity contribution in [2.24, 2.45) is 0 Å². The highest BCUT2D eigenvalue weighted by Crippen LogP contribution is 2.27. The largest absolute Gasteiger partial charge is 0.496 e. The number of carbonyl (C=O) groups is 1. The van der Waals surface area contributed by atoms with Crippen LogP contribution < -0.4 is 4.74 Å². The number of nitrogens with zero attached hydrogens (tertiary/aromatic N) is 1. The Bertz CT molecular complexity index is 440. The van der Waals surface area contributed by atoms with Crippen LogP contribution in [0.2, 0.25) is 0 Å². The van der Waals surface area contributed by atoms with Gasteiger partial charge in [0.2, 0.25) is 0 Å². The Hall–Kier alpha value is -0.610. The summed E-state index contributed by atoms with van der Waals surface area (Å²) in [6.07, 6.45) is 0. The van der Waals surface area contributed by atoms with Gasteiger partial charge in [0.15, 0.2) is 5.78 Å². The number of ketones is 1. The van der Waals surface area contributed by atoms with Gasteiger partial charge in [0.25, 0.3) is 0 Å². The molecular weight excluding hydrogens is 373 g/mol. The number of nitriles is 1. The molecule has 1 aromatic rings. The predicted molar refractivity (Wildman–Crippen MR) is 68.6 cm³/mol. The highest BCUT2D eigenvalue weighted by Gasteiger charge is 2.18. The second kappa shape index (κ2) is 5.47. The molecule has 0 heterocycles. The lowest BCUT2D eigenvalue weighted by Crippen LogP contribution is -2.07. The summed E-state index contributed by atoms with van der Waals surface area (Å²) in [6, 6.07) is 5.47. The van der Waals surface area contributed by atoms with Gasteiger partial charge in [-0.25, -0.2) is 0 Å². The van der Waals surface area contributed by atoms with Gasteiger partial charge in [-0.15, -0.1) is 0 Å². The van der Waals surface area contributed by atoms with Gasteiger partial charge in [-0.1, -0.05) is 15.9 Å². The monoisotopic (exact) mass is 379 g/mol. The number of hydrogen-bond acceptors (Lipinski definition) is 3. The van der Waals surface area contributed by atoms with Crippen molar-refractivity contribution in [3.8, 4) is 11.8 Å². The summed E-state index contributed by atoms with van der Waals surface area (Å²) >= 11 is 5.11. The van der Waals surface area contributed by atoms with Crippen molar-refractivity contribution in [2.45, 2.75) is 0 Å². The van der Waals surface area contributed by atoms with Crippen LogP contribution in [0.5, 0.6) is 5.75 Å². The summed E-state index contributed by atoms with van der Waals surface area (Å²) in [7, 11) is 1.48. The molecule has 78 valence electrons. The van der Waals surface area contributed by atoms with Gasteiger partial charge in [0.05, 0.1) is 23.6 Å². The average molecular weight is 380 g/mol.